The fraction of sp³-hybridized carbons (Fsp3) is 0.500. The van der Waals surface area contributed by atoms with Gasteiger partial charge >= 0.3 is 0 Å². The Kier molecular flexibility index (Phi) is 6.69. The van der Waals surface area contributed by atoms with Crippen LogP contribution in [0.5, 0.6) is 0 Å². The number of carbonyl (C=O) groups excluding carboxylic acids is 1. The summed E-state index contributed by atoms with van der Waals surface area (Å²) in [5, 5.41) is 9.34. The van der Waals surface area contributed by atoms with Gasteiger partial charge in [-0.1, -0.05) is 51.6 Å². The highest BCUT2D eigenvalue weighted by molar-refractivity contribution is 7.99. The smallest absolute Gasteiger partial charge is 0.251 e. The molecule has 0 spiro atoms. The maximum absolute atomic E-state index is 12.6. The van der Waals surface area contributed by atoms with Crippen LogP contribution in [0, 0.1) is 0 Å². The lowest BCUT2D eigenvalue weighted by molar-refractivity contribution is 0.0952. The maximum atomic E-state index is 12.6. The van der Waals surface area contributed by atoms with Gasteiger partial charge in [-0.15, -0.1) is 0 Å². The molecule has 1 saturated heterocycles. The average molecular weight is 453 g/mol. The molecule has 3 aromatic rings. The van der Waals surface area contributed by atoms with Crippen LogP contribution in [0.15, 0.2) is 35.6 Å². The first kappa shape index (κ1) is 22.6. The van der Waals surface area contributed by atoms with Crippen LogP contribution in [-0.4, -0.2) is 51.0 Å². The molecule has 8 heteroatoms. The molecule has 2 aromatic heterocycles. The van der Waals surface area contributed by atoms with Crippen molar-refractivity contribution in [2.75, 3.05) is 30.3 Å². The van der Waals surface area contributed by atoms with Crippen molar-refractivity contribution < 1.29 is 4.79 Å². The van der Waals surface area contributed by atoms with E-state index in [-0.39, 0.29) is 11.3 Å². The van der Waals surface area contributed by atoms with E-state index in [1.54, 1.807) is 11.8 Å². The van der Waals surface area contributed by atoms with Gasteiger partial charge in [0.1, 0.15) is 5.82 Å². The van der Waals surface area contributed by atoms with Gasteiger partial charge in [-0.3, -0.25) is 4.79 Å². The van der Waals surface area contributed by atoms with Gasteiger partial charge in [-0.25, -0.2) is 14.6 Å². The van der Waals surface area contributed by atoms with E-state index in [0.29, 0.717) is 18.7 Å². The zero-order chi connectivity index (χ0) is 22.7. The Morgan fingerprint density at radius 2 is 1.84 bits per heavy atom. The Hall–Kier alpha value is -2.61. The second kappa shape index (κ2) is 9.48. The standard InChI is InChI=1S/C24H32N6OS/c1-5-32-23-27-20(29-13-6-7-14-29)19-16-26-30(21(19)28-23)15-12-25-22(31)17-8-10-18(11-9-17)24(2,3)4/h8-11,16H,5-7,12-15H2,1-4H3,(H,25,31). The average Bonchev–Trinajstić information content (AvgIpc) is 3.43. The highest BCUT2D eigenvalue weighted by Gasteiger charge is 2.21. The third-order valence-corrected chi connectivity index (χ3v) is 6.49. The Labute approximate surface area is 194 Å². The molecule has 0 saturated carbocycles. The van der Waals surface area contributed by atoms with Crippen molar-refractivity contribution in [2.45, 2.75) is 57.7 Å². The van der Waals surface area contributed by atoms with Gasteiger partial charge in [0.15, 0.2) is 10.8 Å². The molecule has 1 N–H and O–H groups in total. The molecule has 170 valence electrons. The number of nitrogens with zero attached hydrogens (tertiary/aromatic N) is 5. The number of fused-ring (bicyclic) bond motifs is 1. The lowest BCUT2D eigenvalue weighted by atomic mass is 9.87. The van der Waals surface area contributed by atoms with Crippen LogP contribution in [0.25, 0.3) is 11.0 Å². The Morgan fingerprint density at radius 1 is 1.12 bits per heavy atom. The zero-order valence-corrected chi connectivity index (χ0v) is 20.2. The van der Waals surface area contributed by atoms with Gasteiger partial charge < -0.3 is 10.2 Å². The summed E-state index contributed by atoms with van der Waals surface area (Å²) in [7, 11) is 0. The molecule has 0 aliphatic carbocycles. The normalized spacial score (nSPS) is 14.3. The molecule has 1 aromatic carbocycles. The summed E-state index contributed by atoms with van der Waals surface area (Å²) in [4.78, 5) is 24.5. The third-order valence-electron chi connectivity index (χ3n) is 5.76. The van der Waals surface area contributed by atoms with E-state index < -0.39 is 0 Å². The number of carbonyl (C=O) groups is 1. The van der Waals surface area contributed by atoms with E-state index in [1.165, 1.54) is 18.4 Å². The van der Waals surface area contributed by atoms with Crippen molar-refractivity contribution >= 4 is 34.5 Å². The largest absolute Gasteiger partial charge is 0.356 e. The van der Waals surface area contributed by atoms with E-state index in [4.69, 9.17) is 9.97 Å². The van der Waals surface area contributed by atoms with Crippen LogP contribution in [0.4, 0.5) is 5.82 Å². The summed E-state index contributed by atoms with van der Waals surface area (Å²) >= 11 is 1.64. The summed E-state index contributed by atoms with van der Waals surface area (Å²) in [6, 6.07) is 7.84. The van der Waals surface area contributed by atoms with Crippen LogP contribution >= 0.6 is 11.8 Å². The van der Waals surface area contributed by atoms with E-state index in [2.05, 4.69) is 43.0 Å². The second-order valence-corrected chi connectivity index (χ2v) is 10.4. The van der Waals surface area contributed by atoms with Gasteiger partial charge in [-0.2, -0.15) is 5.10 Å². The molecule has 0 bridgehead atoms. The molecule has 3 heterocycles. The first-order valence-electron chi connectivity index (χ1n) is 11.4. The molecule has 0 unspecified atom stereocenters. The molecular weight excluding hydrogens is 420 g/mol. The molecule has 1 aliphatic heterocycles. The number of thioether (sulfide) groups is 1. The van der Waals surface area contributed by atoms with Crippen molar-refractivity contribution in [3.8, 4) is 0 Å². The first-order chi connectivity index (χ1) is 15.4. The minimum atomic E-state index is -0.0727. The summed E-state index contributed by atoms with van der Waals surface area (Å²) in [6.07, 6.45) is 4.24. The summed E-state index contributed by atoms with van der Waals surface area (Å²) in [6.45, 7) is 11.7. The highest BCUT2D eigenvalue weighted by Crippen LogP contribution is 2.29. The van der Waals surface area contributed by atoms with Gasteiger partial charge in [0, 0.05) is 25.2 Å². The van der Waals surface area contributed by atoms with Gasteiger partial charge in [0.2, 0.25) is 0 Å². The fourth-order valence-electron chi connectivity index (χ4n) is 3.95. The minimum Gasteiger partial charge on any atom is -0.356 e. The SMILES string of the molecule is CCSc1nc(N2CCCC2)c2cnn(CCNC(=O)c3ccc(C(C)(C)C)cc3)c2n1. The second-order valence-electron chi connectivity index (χ2n) is 9.15. The lowest BCUT2D eigenvalue weighted by Gasteiger charge is -2.19. The van der Waals surface area contributed by atoms with Gasteiger partial charge in [0.05, 0.1) is 18.1 Å². The van der Waals surface area contributed by atoms with Gasteiger partial charge in [0.25, 0.3) is 5.91 Å². The van der Waals surface area contributed by atoms with E-state index in [9.17, 15) is 4.79 Å². The van der Waals surface area contributed by atoms with Crippen LogP contribution in [0.3, 0.4) is 0 Å². The minimum absolute atomic E-state index is 0.0703. The summed E-state index contributed by atoms with van der Waals surface area (Å²) in [5.41, 5.74) is 2.79. The van der Waals surface area contributed by atoms with Crippen LogP contribution in [0.2, 0.25) is 0 Å². The Morgan fingerprint density at radius 3 is 2.50 bits per heavy atom. The summed E-state index contributed by atoms with van der Waals surface area (Å²) < 4.78 is 1.87. The quantitative estimate of drug-likeness (QED) is 0.426. The lowest BCUT2D eigenvalue weighted by Crippen LogP contribution is -2.27. The topological polar surface area (TPSA) is 75.9 Å². The van der Waals surface area contributed by atoms with Crippen molar-refractivity contribution in [1.29, 1.82) is 0 Å². The number of hydrogen-bond acceptors (Lipinski definition) is 6. The van der Waals surface area contributed by atoms with E-state index >= 15 is 0 Å². The molecule has 4 rings (SSSR count). The number of nitrogens with one attached hydrogen (secondary N) is 1. The van der Waals surface area contributed by atoms with E-state index in [1.807, 2.05) is 35.1 Å². The molecule has 1 amide bonds. The van der Waals surface area contributed by atoms with Crippen molar-refractivity contribution in [3.63, 3.8) is 0 Å². The number of aromatic nitrogens is 4. The maximum Gasteiger partial charge on any atom is 0.251 e. The van der Waals surface area contributed by atoms with Crippen LogP contribution in [-0.2, 0) is 12.0 Å². The fourth-order valence-corrected chi connectivity index (χ4v) is 4.51. The van der Waals surface area contributed by atoms with E-state index in [0.717, 1.165) is 40.9 Å². The number of hydrogen-bond donors (Lipinski definition) is 1. The predicted octanol–water partition coefficient (Wildman–Crippen LogP) is 4.27. The number of benzene rings is 1. The molecule has 0 radical (unpaired) electrons. The van der Waals surface area contributed by atoms with Crippen molar-refractivity contribution in [1.82, 2.24) is 25.1 Å². The molecule has 32 heavy (non-hydrogen) atoms. The monoisotopic (exact) mass is 452 g/mol. The Balaban J connectivity index is 1.46. The Bertz CT molecular complexity index is 1080. The predicted molar refractivity (Wildman–Crippen MR) is 131 cm³/mol. The molecule has 1 fully saturated rings. The van der Waals surface area contributed by atoms with Crippen molar-refractivity contribution in [2.24, 2.45) is 0 Å². The molecule has 7 nitrogen and oxygen atoms in total. The molecule has 0 atom stereocenters. The van der Waals surface area contributed by atoms with Crippen molar-refractivity contribution in [3.05, 3.63) is 41.6 Å². The van der Waals surface area contributed by atoms with Crippen LogP contribution in [0.1, 0.15) is 56.5 Å². The molecular formula is C24H32N6OS. The highest BCUT2D eigenvalue weighted by atomic mass is 32.2. The third kappa shape index (κ3) is 4.90. The van der Waals surface area contributed by atoms with Gasteiger partial charge in [-0.05, 0) is 41.7 Å². The molecule has 1 aliphatic rings. The zero-order valence-electron chi connectivity index (χ0n) is 19.4. The number of anilines is 1. The number of rotatable bonds is 7. The van der Waals surface area contributed by atoms with Crippen LogP contribution < -0.4 is 10.2 Å². The summed E-state index contributed by atoms with van der Waals surface area (Å²) in [5.74, 6) is 1.83. The first-order valence-corrected chi connectivity index (χ1v) is 12.4. The number of amides is 1.